The molecule has 2 rings (SSSR count). The summed E-state index contributed by atoms with van der Waals surface area (Å²) in [5.41, 5.74) is 1.01. The zero-order valence-electron chi connectivity index (χ0n) is 12.4. The predicted molar refractivity (Wildman–Crippen MR) is 79.5 cm³/mol. The van der Waals surface area contributed by atoms with Gasteiger partial charge in [-0.2, -0.15) is 0 Å². The summed E-state index contributed by atoms with van der Waals surface area (Å²) in [5, 5.41) is 3.23. The number of nitrogens with one attached hydrogen (secondary N) is 1. The van der Waals surface area contributed by atoms with Crippen LogP contribution in [-0.2, 0) is 20.9 Å². The van der Waals surface area contributed by atoms with E-state index in [0.29, 0.717) is 6.54 Å². The third kappa shape index (κ3) is 4.56. The first-order chi connectivity index (χ1) is 10.2. The molecule has 0 saturated carbocycles. The number of benzene rings is 1. The van der Waals surface area contributed by atoms with Gasteiger partial charge in [-0.25, -0.2) is 0 Å². The summed E-state index contributed by atoms with van der Waals surface area (Å²) in [4.78, 5) is 25.7. The first-order valence-corrected chi connectivity index (χ1v) is 7.33. The summed E-state index contributed by atoms with van der Waals surface area (Å²) in [6, 6.07) is 9.49. The maximum atomic E-state index is 12.6. The molecule has 5 heteroatoms. The standard InChI is InChI=1S/C16H22N2O3/c1-21-15(19)12-18(11-13-7-3-2-4-8-13)16(20)14-9-5-6-10-17-14/h2-4,7-8,14,17H,5-6,9-12H2,1H3. The van der Waals surface area contributed by atoms with Crippen molar-refractivity contribution in [2.75, 3.05) is 20.2 Å². The Labute approximate surface area is 125 Å². The minimum absolute atomic E-state index is 0.0115. The molecule has 0 spiro atoms. The number of carbonyl (C=O) groups is 2. The Kier molecular flexibility index (Phi) is 5.75. The molecule has 1 aromatic carbocycles. The number of ether oxygens (including phenoxy) is 1. The molecule has 1 aromatic rings. The molecule has 0 bridgehead atoms. The fourth-order valence-electron chi connectivity index (χ4n) is 2.52. The Bertz CT molecular complexity index is 470. The lowest BCUT2D eigenvalue weighted by Crippen LogP contribution is -2.49. The molecule has 5 nitrogen and oxygen atoms in total. The lowest BCUT2D eigenvalue weighted by molar-refractivity contribution is -0.148. The Morgan fingerprint density at radius 3 is 2.67 bits per heavy atom. The van der Waals surface area contributed by atoms with Crippen molar-refractivity contribution in [1.29, 1.82) is 0 Å². The van der Waals surface area contributed by atoms with E-state index in [1.807, 2.05) is 30.3 Å². The van der Waals surface area contributed by atoms with Crippen LogP contribution in [0.5, 0.6) is 0 Å². The first-order valence-electron chi connectivity index (χ1n) is 7.33. The second-order valence-corrected chi connectivity index (χ2v) is 5.26. The van der Waals surface area contributed by atoms with Gasteiger partial charge in [0, 0.05) is 6.54 Å². The van der Waals surface area contributed by atoms with Crippen LogP contribution in [-0.4, -0.2) is 43.0 Å². The van der Waals surface area contributed by atoms with Crippen LogP contribution < -0.4 is 5.32 Å². The van der Waals surface area contributed by atoms with E-state index in [1.54, 1.807) is 4.90 Å². The second-order valence-electron chi connectivity index (χ2n) is 5.26. The highest BCUT2D eigenvalue weighted by Gasteiger charge is 2.27. The number of nitrogens with zero attached hydrogens (tertiary/aromatic N) is 1. The summed E-state index contributed by atoms with van der Waals surface area (Å²) in [6.45, 7) is 1.27. The molecule has 1 heterocycles. The van der Waals surface area contributed by atoms with Crippen LogP contribution in [0.3, 0.4) is 0 Å². The average molecular weight is 290 g/mol. The smallest absolute Gasteiger partial charge is 0.325 e. The fraction of sp³-hybridized carbons (Fsp3) is 0.500. The lowest BCUT2D eigenvalue weighted by Gasteiger charge is -2.29. The molecule has 114 valence electrons. The maximum Gasteiger partial charge on any atom is 0.325 e. The van der Waals surface area contributed by atoms with E-state index < -0.39 is 5.97 Å². The average Bonchev–Trinajstić information content (AvgIpc) is 2.55. The van der Waals surface area contributed by atoms with Crippen molar-refractivity contribution in [3.63, 3.8) is 0 Å². The summed E-state index contributed by atoms with van der Waals surface area (Å²) >= 11 is 0. The van der Waals surface area contributed by atoms with Gasteiger partial charge in [0.05, 0.1) is 13.2 Å². The van der Waals surface area contributed by atoms with Crippen LogP contribution in [0.2, 0.25) is 0 Å². The maximum absolute atomic E-state index is 12.6. The number of esters is 1. The molecule has 1 N–H and O–H groups in total. The number of hydrogen-bond donors (Lipinski definition) is 1. The topological polar surface area (TPSA) is 58.6 Å². The minimum Gasteiger partial charge on any atom is -0.468 e. The van der Waals surface area contributed by atoms with Crippen molar-refractivity contribution in [3.8, 4) is 0 Å². The van der Waals surface area contributed by atoms with Gasteiger partial charge in [0.15, 0.2) is 0 Å². The number of amides is 1. The van der Waals surface area contributed by atoms with Gasteiger partial charge in [-0.15, -0.1) is 0 Å². The lowest BCUT2D eigenvalue weighted by atomic mass is 10.0. The van der Waals surface area contributed by atoms with Gasteiger partial charge in [-0.05, 0) is 24.9 Å². The third-order valence-corrected chi connectivity index (χ3v) is 3.68. The summed E-state index contributed by atoms with van der Waals surface area (Å²) < 4.78 is 4.70. The van der Waals surface area contributed by atoms with Crippen molar-refractivity contribution < 1.29 is 14.3 Å². The molecular weight excluding hydrogens is 268 g/mol. The van der Waals surface area contributed by atoms with Gasteiger partial charge in [0.2, 0.25) is 5.91 Å². The molecule has 1 atom stereocenters. The highest BCUT2D eigenvalue weighted by atomic mass is 16.5. The second kappa shape index (κ2) is 7.78. The summed E-state index contributed by atoms with van der Waals surface area (Å²) in [6.07, 6.45) is 2.96. The van der Waals surface area contributed by atoms with Gasteiger partial charge in [0.1, 0.15) is 6.54 Å². The molecule has 0 radical (unpaired) electrons. The van der Waals surface area contributed by atoms with Crippen molar-refractivity contribution in [1.82, 2.24) is 10.2 Å². The first kappa shape index (κ1) is 15.5. The molecule has 1 aliphatic rings. The Hall–Kier alpha value is -1.88. The van der Waals surface area contributed by atoms with Gasteiger partial charge in [0.25, 0.3) is 0 Å². The summed E-state index contributed by atoms with van der Waals surface area (Å²) in [5.74, 6) is -0.418. The van der Waals surface area contributed by atoms with Crippen molar-refractivity contribution >= 4 is 11.9 Å². The van der Waals surface area contributed by atoms with Crippen LogP contribution in [0.15, 0.2) is 30.3 Å². The van der Waals surface area contributed by atoms with Crippen LogP contribution in [0, 0.1) is 0 Å². The molecule has 0 aliphatic carbocycles. The number of hydrogen-bond acceptors (Lipinski definition) is 4. The van der Waals surface area contributed by atoms with Gasteiger partial charge in [-0.3, -0.25) is 9.59 Å². The highest BCUT2D eigenvalue weighted by Crippen LogP contribution is 2.12. The zero-order chi connectivity index (χ0) is 15.1. The molecule has 1 aliphatic heterocycles. The van der Waals surface area contributed by atoms with Crippen LogP contribution in [0.4, 0.5) is 0 Å². The van der Waals surface area contributed by atoms with Crippen LogP contribution >= 0.6 is 0 Å². The number of methoxy groups -OCH3 is 1. The van der Waals surface area contributed by atoms with Crippen molar-refractivity contribution in [2.45, 2.75) is 31.8 Å². The molecular formula is C16H22N2O3. The largest absolute Gasteiger partial charge is 0.468 e. The third-order valence-electron chi connectivity index (χ3n) is 3.68. The Morgan fingerprint density at radius 2 is 2.05 bits per heavy atom. The van der Waals surface area contributed by atoms with Crippen LogP contribution in [0.1, 0.15) is 24.8 Å². The number of piperidine rings is 1. The molecule has 1 saturated heterocycles. The van der Waals surface area contributed by atoms with Crippen molar-refractivity contribution in [2.24, 2.45) is 0 Å². The van der Waals surface area contributed by atoms with Gasteiger partial charge in [-0.1, -0.05) is 36.8 Å². The zero-order valence-corrected chi connectivity index (χ0v) is 12.4. The molecule has 21 heavy (non-hydrogen) atoms. The Morgan fingerprint density at radius 1 is 1.29 bits per heavy atom. The van der Waals surface area contributed by atoms with E-state index in [1.165, 1.54) is 7.11 Å². The van der Waals surface area contributed by atoms with E-state index in [0.717, 1.165) is 31.4 Å². The monoisotopic (exact) mass is 290 g/mol. The fourth-order valence-corrected chi connectivity index (χ4v) is 2.52. The molecule has 1 fully saturated rings. The Balaban J connectivity index is 2.07. The quantitative estimate of drug-likeness (QED) is 0.831. The van der Waals surface area contributed by atoms with E-state index in [2.05, 4.69) is 5.32 Å². The summed E-state index contributed by atoms with van der Waals surface area (Å²) in [7, 11) is 1.34. The van der Waals surface area contributed by atoms with Crippen LogP contribution in [0.25, 0.3) is 0 Å². The van der Waals surface area contributed by atoms with E-state index in [9.17, 15) is 9.59 Å². The molecule has 1 unspecified atom stereocenters. The molecule has 1 amide bonds. The predicted octanol–water partition coefficient (Wildman–Crippen LogP) is 1.33. The van der Waals surface area contributed by atoms with E-state index in [4.69, 9.17) is 4.74 Å². The molecule has 0 aromatic heterocycles. The number of rotatable bonds is 5. The normalized spacial score (nSPS) is 18.0. The highest BCUT2D eigenvalue weighted by molar-refractivity contribution is 5.85. The van der Waals surface area contributed by atoms with Gasteiger partial charge < -0.3 is 15.0 Å². The van der Waals surface area contributed by atoms with E-state index in [-0.39, 0.29) is 18.5 Å². The minimum atomic E-state index is -0.393. The number of carbonyl (C=O) groups excluding carboxylic acids is 2. The van der Waals surface area contributed by atoms with Gasteiger partial charge >= 0.3 is 5.97 Å². The SMILES string of the molecule is COC(=O)CN(Cc1ccccc1)C(=O)C1CCCCN1. The van der Waals surface area contributed by atoms with E-state index >= 15 is 0 Å². The van der Waals surface area contributed by atoms with Crippen molar-refractivity contribution in [3.05, 3.63) is 35.9 Å².